The molecule has 1 saturated heterocycles. The van der Waals surface area contributed by atoms with Gasteiger partial charge in [0.05, 0.1) is 19.3 Å². The van der Waals surface area contributed by atoms with Gasteiger partial charge in [0.15, 0.2) is 0 Å². The summed E-state index contributed by atoms with van der Waals surface area (Å²) < 4.78 is 24.6. The second-order valence-corrected chi connectivity index (χ2v) is 6.24. The standard InChI is InChI=1S/C18H24FNO2/c1-2-8-21-13-15-10-17-18(11-15)22-9-7-20(17)12-14-3-5-16(19)6-4-14/h2-6,15,17-18H,1,7-13H2/t15-,17-,18+/m0/s1. The summed E-state index contributed by atoms with van der Waals surface area (Å²) in [5.74, 6) is 0.382. The Morgan fingerprint density at radius 1 is 1.32 bits per heavy atom. The van der Waals surface area contributed by atoms with E-state index < -0.39 is 0 Å². The predicted octanol–water partition coefficient (Wildman–Crippen LogP) is 3.01. The molecule has 0 unspecified atom stereocenters. The molecule has 1 aliphatic heterocycles. The number of hydrogen-bond acceptors (Lipinski definition) is 3. The van der Waals surface area contributed by atoms with E-state index in [0.29, 0.717) is 24.7 Å². The van der Waals surface area contributed by atoms with E-state index in [1.807, 2.05) is 12.1 Å². The van der Waals surface area contributed by atoms with Crippen LogP contribution >= 0.6 is 0 Å². The lowest BCUT2D eigenvalue weighted by atomic mass is 10.1. The van der Waals surface area contributed by atoms with Crippen LogP contribution in [-0.2, 0) is 16.0 Å². The molecule has 4 heteroatoms. The number of nitrogens with zero attached hydrogens (tertiary/aromatic N) is 1. The fraction of sp³-hybridized carbons (Fsp3) is 0.556. The maximum Gasteiger partial charge on any atom is 0.123 e. The summed E-state index contributed by atoms with van der Waals surface area (Å²) in [7, 11) is 0. The number of morpholine rings is 1. The molecule has 1 aromatic rings. The summed E-state index contributed by atoms with van der Waals surface area (Å²) in [4.78, 5) is 2.48. The van der Waals surface area contributed by atoms with Crippen molar-refractivity contribution < 1.29 is 13.9 Å². The van der Waals surface area contributed by atoms with Gasteiger partial charge in [-0.05, 0) is 36.5 Å². The highest BCUT2D eigenvalue weighted by Crippen LogP contribution is 2.35. The Morgan fingerprint density at radius 3 is 2.91 bits per heavy atom. The van der Waals surface area contributed by atoms with Crippen LogP contribution in [-0.4, -0.2) is 43.4 Å². The van der Waals surface area contributed by atoms with Crippen LogP contribution in [0.1, 0.15) is 18.4 Å². The Kier molecular flexibility index (Phi) is 5.24. The van der Waals surface area contributed by atoms with Crippen LogP contribution in [0.2, 0.25) is 0 Å². The van der Waals surface area contributed by atoms with Crippen LogP contribution < -0.4 is 0 Å². The first-order chi connectivity index (χ1) is 10.8. The molecule has 3 nitrogen and oxygen atoms in total. The molecule has 0 amide bonds. The van der Waals surface area contributed by atoms with E-state index in [1.165, 1.54) is 12.1 Å². The van der Waals surface area contributed by atoms with Gasteiger partial charge in [-0.2, -0.15) is 0 Å². The average molecular weight is 305 g/mol. The van der Waals surface area contributed by atoms with Crippen molar-refractivity contribution in [3.05, 3.63) is 48.3 Å². The normalized spacial score (nSPS) is 28.5. The summed E-state index contributed by atoms with van der Waals surface area (Å²) >= 11 is 0. The van der Waals surface area contributed by atoms with Gasteiger partial charge in [-0.1, -0.05) is 18.2 Å². The smallest absolute Gasteiger partial charge is 0.123 e. The van der Waals surface area contributed by atoms with E-state index in [-0.39, 0.29) is 5.82 Å². The molecule has 3 atom stereocenters. The molecule has 1 saturated carbocycles. The van der Waals surface area contributed by atoms with E-state index in [9.17, 15) is 4.39 Å². The van der Waals surface area contributed by atoms with Crippen LogP contribution in [0, 0.1) is 11.7 Å². The van der Waals surface area contributed by atoms with Crippen molar-refractivity contribution in [2.45, 2.75) is 31.5 Å². The topological polar surface area (TPSA) is 21.7 Å². The molecule has 0 aromatic heterocycles. The molecule has 22 heavy (non-hydrogen) atoms. The van der Waals surface area contributed by atoms with Gasteiger partial charge in [0.2, 0.25) is 0 Å². The van der Waals surface area contributed by atoms with Crippen LogP contribution in [0.5, 0.6) is 0 Å². The summed E-state index contributed by atoms with van der Waals surface area (Å²) in [6, 6.07) is 7.27. The number of benzene rings is 1. The Morgan fingerprint density at radius 2 is 2.14 bits per heavy atom. The highest BCUT2D eigenvalue weighted by atomic mass is 19.1. The average Bonchev–Trinajstić information content (AvgIpc) is 2.94. The zero-order chi connectivity index (χ0) is 15.4. The maximum atomic E-state index is 13.0. The quantitative estimate of drug-likeness (QED) is 0.596. The summed E-state index contributed by atoms with van der Waals surface area (Å²) in [5.41, 5.74) is 1.16. The molecule has 2 aliphatic rings. The van der Waals surface area contributed by atoms with Crippen molar-refractivity contribution in [2.24, 2.45) is 5.92 Å². The molecule has 1 heterocycles. The first-order valence-electron chi connectivity index (χ1n) is 8.05. The third-order valence-corrected chi connectivity index (χ3v) is 4.64. The fourth-order valence-electron chi connectivity index (χ4n) is 3.60. The molecule has 3 rings (SSSR count). The number of rotatable bonds is 6. The van der Waals surface area contributed by atoms with Gasteiger partial charge in [-0.3, -0.25) is 4.90 Å². The number of hydrogen-bond donors (Lipinski definition) is 0. The molecule has 0 radical (unpaired) electrons. The van der Waals surface area contributed by atoms with E-state index in [4.69, 9.17) is 9.47 Å². The molecule has 1 aliphatic carbocycles. The van der Waals surface area contributed by atoms with Crippen molar-refractivity contribution in [3.8, 4) is 0 Å². The first kappa shape index (κ1) is 15.7. The van der Waals surface area contributed by atoms with Crippen molar-refractivity contribution in [2.75, 3.05) is 26.4 Å². The van der Waals surface area contributed by atoms with E-state index >= 15 is 0 Å². The SMILES string of the molecule is C=CCOC[C@@H]1C[C@H]2OCCN(Cc3ccc(F)cc3)[C@H]2C1. The van der Waals surface area contributed by atoms with Crippen LogP contribution in [0.4, 0.5) is 4.39 Å². The second-order valence-electron chi connectivity index (χ2n) is 6.24. The lowest BCUT2D eigenvalue weighted by molar-refractivity contribution is -0.0591. The molecule has 0 spiro atoms. The fourth-order valence-corrected chi connectivity index (χ4v) is 3.60. The Hall–Kier alpha value is -1.23. The van der Waals surface area contributed by atoms with Crippen molar-refractivity contribution in [1.82, 2.24) is 4.90 Å². The first-order valence-corrected chi connectivity index (χ1v) is 8.05. The van der Waals surface area contributed by atoms with Crippen molar-refractivity contribution >= 4 is 0 Å². The molecule has 0 N–H and O–H groups in total. The van der Waals surface area contributed by atoms with Gasteiger partial charge in [-0.15, -0.1) is 6.58 Å². The molecule has 1 aromatic carbocycles. The third kappa shape index (κ3) is 3.75. The zero-order valence-corrected chi connectivity index (χ0v) is 12.9. The van der Waals surface area contributed by atoms with Crippen LogP contribution in [0.15, 0.2) is 36.9 Å². The van der Waals surface area contributed by atoms with E-state index in [0.717, 1.165) is 44.7 Å². The van der Waals surface area contributed by atoms with Gasteiger partial charge < -0.3 is 9.47 Å². The van der Waals surface area contributed by atoms with Gasteiger partial charge in [0.1, 0.15) is 5.82 Å². The minimum absolute atomic E-state index is 0.177. The van der Waals surface area contributed by atoms with E-state index in [2.05, 4.69) is 11.5 Å². The number of halogens is 1. The third-order valence-electron chi connectivity index (χ3n) is 4.64. The van der Waals surface area contributed by atoms with Crippen molar-refractivity contribution in [1.29, 1.82) is 0 Å². The Bertz CT molecular complexity index is 490. The monoisotopic (exact) mass is 305 g/mol. The maximum absolute atomic E-state index is 13.0. The van der Waals surface area contributed by atoms with Crippen molar-refractivity contribution in [3.63, 3.8) is 0 Å². The zero-order valence-electron chi connectivity index (χ0n) is 12.9. The number of ether oxygens (including phenoxy) is 2. The van der Waals surface area contributed by atoms with Crippen LogP contribution in [0.3, 0.4) is 0 Å². The molecule has 2 fully saturated rings. The summed E-state index contributed by atoms with van der Waals surface area (Å²) in [5, 5.41) is 0. The minimum atomic E-state index is -0.177. The van der Waals surface area contributed by atoms with Gasteiger partial charge in [0.25, 0.3) is 0 Å². The molecular weight excluding hydrogens is 281 g/mol. The van der Waals surface area contributed by atoms with Gasteiger partial charge in [-0.25, -0.2) is 4.39 Å². The second kappa shape index (κ2) is 7.36. The lowest BCUT2D eigenvalue weighted by Crippen LogP contribution is -2.47. The van der Waals surface area contributed by atoms with Gasteiger partial charge >= 0.3 is 0 Å². The minimum Gasteiger partial charge on any atom is -0.377 e. The summed E-state index contributed by atoms with van der Waals surface area (Å²) in [6.07, 6.45) is 4.29. The van der Waals surface area contributed by atoms with E-state index in [1.54, 1.807) is 6.08 Å². The molecule has 120 valence electrons. The summed E-state index contributed by atoms with van der Waals surface area (Å²) in [6.45, 7) is 7.67. The number of fused-ring (bicyclic) bond motifs is 1. The lowest BCUT2D eigenvalue weighted by Gasteiger charge is -2.37. The van der Waals surface area contributed by atoms with Gasteiger partial charge in [0, 0.05) is 25.7 Å². The highest BCUT2D eigenvalue weighted by molar-refractivity contribution is 5.16. The molecular formula is C18H24FNO2. The highest BCUT2D eigenvalue weighted by Gasteiger charge is 2.40. The largest absolute Gasteiger partial charge is 0.377 e. The predicted molar refractivity (Wildman–Crippen MR) is 84.1 cm³/mol. The Labute approximate surface area is 131 Å². The Balaban J connectivity index is 1.58. The molecule has 0 bridgehead atoms. The van der Waals surface area contributed by atoms with Crippen LogP contribution in [0.25, 0.3) is 0 Å².